The topological polar surface area (TPSA) is 83.0 Å². The van der Waals surface area contributed by atoms with Gasteiger partial charge in [-0.3, -0.25) is 4.98 Å². The molecule has 3 N–H and O–H groups in total. The summed E-state index contributed by atoms with van der Waals surface area (Å²) < 4.78 is 1.03. The molecule has 0 saturated heterocycles. The first-order valence-corrected chi connectivity index (χ1v) is 9.95. The Morgan fingerprint density at radius 1 is 1.14 bits per heavy atom. The molecule has 2 aromatic heterocycles. The molecule has 3 aromatic rings. The summed E-state index contributed by atoms with van der Waals surface area (Å²) in [5.74, 6) is 1.37. The lowest BCUT2D eigenvalue weighted by atomic mass is 10.1. The second kappa shape index (κ2) is 9.12. The highest BCUT2D eigenvalue weighted by Crippen LogP contribution is 2.26. The third-order valence-electron chi connectivity index (χ3n) is 4.45. The van der Waals surface area contributed by atoms with Crippen LogP contribution in [0.4, 0.5) is 17.5 Å². The van der Waals surface area contributed by atoms with Crippen LogP contribution in [0.1, 0.15) is 19.4 Å². The predicted octanol–water partition coefficient (Wildman–Crippen LogP) is 4.78. The van der Waals surface area contributed by atoms with Crippen molar-refractivity contribution in [2.24, 2.45) is 5.92 Å². The Labute approximate surface area is 173 Å². The second-order valence-corrected chi connectivity index (χ2v) is 7.88. The van der Waals surface area contributed by atoms with E-state index in [1.165, 1.54) is 0 Å². The summed E-state index contributed by atoms with van der Waals surface area (Å²) in [6, 6.07) is 11.6. The van der Waals surface area contributed by atoms with Crippen molar-refractivity contribution in [3.05, 3.63) is 58.8 Å². The molecule has 0 bridgehead atoms. The minimum atomic E-state index is -0.133. The van der Waals surface area contributed by atoms with Crippen LogP contribution in [-0.2, 0) is 0 Å². The molecule has 0 aliphatic rings. The van der Waals surface area contributed by atoms with Crippen LogP contribution in [0.15, 0.2) is 53.3 Å². The molecule has 1 aromatic carbocycles. The van der Waals surface area contributed by atoms with Crippen LogP contribution in [0.25, 0.3) is 11.3 Å². The molecule has 28 heavy (non-hydrogen) atoms. The Morgan fingerprint density at radius 3 is 2.61 bits per heavy atom. The van der Waals surface area contributed by atoms with Gasteiger partial charge in [-0.2, -0.15) is 4.98 Å². The van der Waals surface area contributed by atoms with E-state index in [-0.39, 0.29) is 18.6 Å². The van der Waals surface area contributed by atoms with Crippen LogP contribution < -0.4 is 10.6 Å². The Bertz CT molecular complexity index is 933. The number of benzene rings is 1. The van der Waals surface area contributed by atoms with Crippen LogP contribution in [0.2, 0.25) is 0 Å². The molecule has 0 aliphatic carbocycles. The monoisotopic (exact) mass is 441 g/mol. The summed E-state index contributed by atoms with van der Waals surface area (Å²) in [6.45, 7) is 6.13. The number of rotatable bonds is 7. The lowest BCUT2D eigenvalue weighted by Gasteiger charge is -2.21. The second-order valence-electron chi connectivity index (χ2n) is 6.97. The number of anilines is 3. The van der Waals surface area contributed by atoms with Crippen molar-refractivity contribution < 1.29 is 5.11 Å². The zero-order valence-electron chi connectivity index (χ0n) is 16.1. The maximum absolute atomic E-state index is 9.66. The van der Waals surface area contributed by atoms with Crippen LogP contribution in [0, 0.1) is 12.8 Å². The number of aliphatic hydroxyl groups excluding tert-OH is 1. The van der Waals surface area contributed by atoms with E-state index in [0.717, 1.165) is 27.0 Å². The molecule has 0 aliphatic heterocycles. The zero-order valence-corrected chi connectivity index (χ0v) is 17.7. The molecule has 6 nitrogen and oxygen atoms in total. The first kappa shape index (κ1) is 20.2. The third kappa shape index (κ3) is 5.05. The summed E-state index contributed by atoms with van der Waals surface area (Å²) in [7, 11) is 0. The largest absolute Gasteiger partial charge is 0.394 e. The van der Waals surface area contributed by atoms with E-state index >= 15 is 0 Å². The van der Waals surface area contributed by atoms with Gasteiger partial charge in [0.2, 0.25) is 5.95 Å². The Kier molecular flexibility index (Phi) is 6.59. The highest BCUT2D eigenvalue weighted by Gasteiger charge is 2.15. The van der Waals surface area contributed by atoms with Gasteiger partial charge in [0.15, 0.2) is 0 Å². The van der Waals surface area contributed by atoms with E-state index < -0.39 is 0 Å². The first-order chi connectivity index (χ1) is 13.5. The Morgan fingerprint density at radius 2 is 1.96 bits per heavy atom. The van der Waals surface area contributed by atoms with E-state index in [1.54, 1.807) is 12.4 Å². The average molecular weight is 442 g/mol. The molecule has 0 unspecified atom stereocenters. The highest BCUT2D eigenvalue weighted by atomic mass is 79.9. The van der Waals surface area contributed by atoms with Gasteiger partial charge in [-0.1, -0.05) is 29.8 Å². The van der Waals surface area contributed by atoms with E-state index in [4.69, 9.17) is 0 Å². The summed E-state index contributed by atoms with van der Waals surface area (Å²) in [5.41, 5.74) is 3.71. The summed E-state index contributed by atoms with van der Waals surface area (Å²) in [6.07, 6.45) is 3.50. The maximum Gasteiger partial charge on any atom is 0.225 e. The van der Waals surface area contributed by atoms with Crippen molar-refractivity contribution in [2.75, 3.05) is 17.2 Å². The molecule has 3 rings (SSSR count). The molecule has 0 fully saturated rings. The molecule has 1 atom stereocenters. The lowest BCUT2D eigenvalue weighted by molar-refractivity contribution is 0.248. The summed E-state index contributed by atoms with van der Waals surface area (Å²) >= 11 is 3.49. The van der Waals surface area contributed by atoms with Crippen LogP contribution in [0.5, 0.6) is 0 Å². The van der Waals surface area contributed by atoms with Gasteiger partial charge in [-0.15, -0.1) is 0 Å². The normalized spacial score (nSPS) is 12.1. The molecular formula is C21H24BrN5O. The van der Waals surface area contributed by atoms with Gasteiger partial charge in [0.25, 0.3) is 0 Å². The Hall–Kier alpha value is -2.51. The maximum atomic E-state index is 9.66. The summed E-state index contributed by atoms with van der Waals surface area (Å²) in [4.78, 5) is 13.4. The van der Waals surface area contributed by atoms with Gasteiger partial charge in [0.1, 0.15) is 5.82 Å². The standard InChI is InChI=1S/C21H24BrN5O/c1-13(2)19(12-28)26-21-25-18(15-5-4-8-23-11-15)10-20(27-21)24-17-7-6-16(22)9-14(17)3/h4-11,13,19,28H,12H2,1-3H3,(H2,24,25,26,27)/t19-/m0/s1. The quantitative estimate of drug-likeness (QED) is 0.489. The van der Waals surface area contributed by atoms with Crippen molar-refractivity contribution in [1.29, 1.82) is 0 Å². The Balaban J connectivity index is 1.99. The van der Waals surface area contributed by atoms with E-state index in [9.17, 15) is 5.11 Å². The third-order valence-corrected chi connectivity index (χ3v) is 4.94. The van der Waals surface area contributed by atoms with Crippen molar-refractivity contribution in [3.8, 4) is 11.3 Å². The number of aliphatic hydroxyl groups is 1. The number of nitrogens with zero attached hydrogens (tertiary/aromatic N) is 3. The number of hydrogen-bond acceptors (Lipinski definition) is 6. The first-order valence-electron chi connectivity index (χ1n) is 9.16. The average Bonchev–Trinajstić information content (AvgIpc) is 2.68. The number of pyridine rings is 1. The zero-order chi connectivity index (χ0) is 20.1. The lowest BCUT2D eigenvalue weighted by Crippen LogP contribution is -2.30. The molecule has 0 radical (unpaired) electrons. The van der Waals surface area contributed by atoms with Gasteiger partial charge in [-0.05, 0) is 48.7 Å². The highest BCUT2D eigenvalue weighted by molar-refractivity contribution is 9.10. The van der Waals surface area contributed by atoms with Gasteiger partial charge < -0.3 is 15.7 Å². The fraction of sp³-hybridized carbons (Fsp3) is 0.286. The van der Waals surface area contributed by atoms with Crippen LogP contribution >= 0.6 is 15.9 Å². The predicted molar refractivity (Wildman–Crippen MR) is 117 cm³/mol. The number of nitrogens with one attached hydrogen (secondary N) is 2. The van der Waals surface area contributed by atoms with Gasteiger partial charge in [-0.25, -0.2) is 4.98 Å². The molecule has 0 amide bonds. The molecule has 146 valence electrons. The molecular weight excluding hydrogens is 418 g/mol. The number of aryl methyl sites for hydroxylation is 1. The van der Waals surface area contributed by atoms with E-state index in [0.29, 0.717) is 11.8 Å². The number of aromatic nitrogens is 3. The van der Waals surface area contributed by atoms with Crippen molar-refractivity contribution >= 4 is 33.4 Å². The molecule has 7 heteroatoms. The molecule has 0 spiro atoms. The minimum Gasteiger partial charge on any atom is -0.394 e. The number of hydrogen-bond donors (Lipinski definition) is 3. The van der Waals surface area contributed by atoms with Gasteiger partial charge in [0, 0.05) is 34.2 Å². The molecule has 2 heterocycles. The fourth-order valence-electron chi connectivity index (χ4n) is 2.73. The number of halogens is 1. The van der Waals surface area contributed by atoms with Gasteiger partial charge >= 0.3 is 0 Å². The van der Waals surface area contributed by atoms with Gasteiger partial charge in [0.05, 0.1) is 18.3 Å². The van der Waals surface area contributed by atoms with Crippen LogP contribution in [0.3, 0.4) is 0 Å². The minimum absolute atomic E-state index is 0.00668. The smallest absolute Gasteiger partial charge is 0.225 e. The fourth-order valence-corrected chi connectivity index (χ4v) is 3.21. The van der Waals surface area contributed by atoms with Crippen LogP contribution in [-0.4, -0.2) is 32.7 Å². The summed E-state index contributed by atoms with van der Waals surface area (Å²) in [5, 5.41) is 16.3. The van der Waals surface area contributed by atoms with Crippen molar-refractivity contribution in [2.45, 2.75) is 26.8 Å². The molecule has 0 saturated carbocycles. The van der Waals surface area contributed by atoms with E-state index in [2.05, 4.69) is 41.5 Å². The van der Waals surface area contributed by atoms with Crippen molar-refractivity contribution in [1.82, 2.24) is 15.0 Å². The van der Waals surface area contributed by atoms with Crippen molar-refractivity contribution in [3.63, 3.8) is 0 Å². The van der Waals surface area contributed by atoms with E-state index in [1.807, 2.05) is 57.2 Å². The SMILES string of the molecule is Cc1cc(Br)ccc1Nc1cc(-c2cccnc2)nc(N[C@@H](CO)C(C)C)n1.